The number of anilines is 2. The summed E-state index contributed by atoms with van der Waals surface area (Å²) in [6.07, 6.45) is 4.44. The first-order valence-electron chi connectivity index (χ1n) is 10.7. The van der Waals surface area contributed by atoms with Crippen molar-refractivity contribution in [1.29, 1.82) is 0 Å². The summed E-state index contributed by atoms with van der Waals surface area (Å²) in [4.78, 5) is 9.80. The van der Waals surface area contributed by atoms with Gasteiger partial charge in [0.05, 0.1) is 5.52 Å². The largest absolute Gasteiger partial charge is 0.340 e. The molecule has 2 aromatic carbocycles. The molecule has 0 unspecified atom stereocenters. The number of fused-ring (bicyclic) bond motifs is 3. The Morgan fingerprint density at radius 2 is 1.55 bits per heavy atom. The Morgan fingerprint density at radius 1 is 0.793 bits per heavy atom. The molecule has 148 valence electrons. The van der Waals surface area contributed by atoms with E-state index in [1.165, 1.54) is 21.9 Å². The van der Waals surface area contributed by atoms with Crippen molar-refractivity contribution in [3.05, 3.63) is 71.0 Å². The van der Waals surface area contributed by atoms with Gasteiger partial charge in [0, 0.05) is 33.2 Å². The van der Waals surface area contributed by atoms with E-state index in [4.69, 9.17) is 9.97 Å². The molecule has 0 fully saturated rings. The van der Waals surface area contributed by atoms with Gasteiger partial charge in [0.1, 0.15) is 5.82 Å². The van der Waals surface area contributed by atoms with Crippen LogP contribution in [0.2, 0.25) is 0 Å². The molecule has 0 spiro atoms. The molecule has 3 nitrogen and oxygen atoms in total. The Hall–Kier alpha value is -2.94. The number of hydrogen-bond acceptors (Lipinski definition) is 3. The van der Waals surface area contributed by atoms with E-state index in [0.717, 1.165) is 59.5 Å². The molecule has 0 aliphatic rings. The van der Waals surface area contributed by atoms with Crippen LogP contribution in [-0.4, -0.2) is 9.97 Å². The van der Waals surface area contributed by atoms with Crippen LogP contribution in [0.15, 0.2) is 48.5 Å². The Labute approximate surface area is 173 Å². The summed E-state index contributed by atoms with van der Waals surface area (Å²) in [7, 11) is 0. The molecule has 2 aromatic heterocycles. The van der Waals surface area contributed by atoms with Crippen LogP contribution in [0.5, 0.6) is 0 Å². The minimum absolute atomic E-state index is 0.906. The topological polar surface area (TPSA) is 37.8 Å². The number of benzene rings is 2. The van der Waals surface area contributed by atoms with Crippen molar-refractivity contribution >= 4 is 33.2 Å². The number of rotatable bonds is 6. The predicted octanol–water partition coefficient (Wildman–Crippen LogP) is 7.05. The van der Waals surface area contributed by atoms with E-state index < -0.39 is 0 Å². The van der Waals surface area contributed by atoms with E-state index in [9.17, 15) is 0 Å². The summed E-state index contributed by atoms with van der Waals surface area (Å²) in [6, 6.07) is 17.5. The lowest BCUT2D eigenvalue weighted by Crippen LogP contribution is -2.00. The molecule has 0 amide bonds. The molecule has 3 heteroatoms. The average molecular weight is 384 g/mol. The van der Waals surface area contributed by atoms with Crippen molar-refractivity contribution in [2.45, 2.75) is 53.4 Å². The second-order valence-electron chi connectivity index (χ2n) is 7.91. The summed E-state index contributed by atoms with van der Waals surface area (Å²) >= 11 is 0. The van der Waals surface area contributed by atoms with E-state index in [1.807, 2.05) is 6.92 Å². The highest BCUT2D eigenvalue weighted by molar-refractivity contribution is 6.11. The fourth-order valence-corrected chi connectivity index (χ4v) is 4.19. The van der Waals surface area contributed by atoms with Crippen LogP contribution in [-0.2, 0) is 12.8 Å². The van der Waals surface area contributed by atoms with Crippen LogP contribution >= 0.6 is 0 Å². The molecule has 0 bridgehead atoms. The van der Waals surface area contributed by atoms with Gasteiger partial charge in [0.2, 0.25) is 0 Å². The summed E-state index contributed by atoms with van der Waals surface area (Å²) in [5, 5.41) is 7.10. The molecule has 4 aromatic rings. The molecular weight excluding hydrogens is 354 g/mol. The Kier molecular flexibility index (Phi) is 5.48. The second kappa shape index (κ2) is 8.20. The molecule has 0 saturated heterocycles. The lowest BCUT2D eigenvalue weighted by Gasteiger charge is -2.15. The van der Waals surface area contributed by atoms with E-state index in [2.05, 4.69) is 74.6 Å². The third kappa shape index (κ3) is 3.95. The highest BCUT2D eigenvalue weighted by Gasteiger charge is 2.13. The molecule has 0 atom stereocenters. The van der Waals surface area contributed by atoms with Crippen LogP contribution < -0.4 is 5.32 Å². The van der Waals surface area contributed by atoms with Gasteiger partial charge in [-0.15, -0.1) is 0 Å². The van der Waals surface area contributed by atoms with Crippen LogP contribution in [0.25, 0.3) is 21.7 Å². The van der Waals surface area contributed by atoms with Crippen molar-refractivity contribution in [3.63, 3.8) is 0 Å². The maximum Gasteiger partial charge on any atom is 0.139 e. The number of hydrogen-bond donors (Lipinski definition) is 1. The van der Waals surface area contributed by atoms with E-state index in [1.54, 1.807) is 0 Å². The zero-order chi connectivity index (χ0) is 20.4. The maximum atomic E-state index is 5.06. The number of nitrogens with one attached hydrogen (secondary N) is 1. The molecule has 29 heavy (non-hydrogen) atoms. The van der Waals surface area contributed by atoms with E-state index >= 15 is 0 Å². The smallest absolute Gasteiger partial charge is 0.139 e. The van der Waals surface area contributed by atoms with Crippen LogP contribution in [0, 0.1) is 13.8 Å². The highest BCUT2D eigenvalue weighted by Crippen LogP contribution is 2.33. The third-order valence-corrected chi connectivity index (χ3v) is 5.41. The normalized spacial score (nSPS) is 11.3. The third-order valence-electron chi connectivity index (χ3n) is 5.41. The van der Waals surface area contributed by atoms with E-state index in [-0.39, 0.29) is 0 Å². The average Bonchev–Trinajstić information content (AvgIpc) is 2.69. The van der Waals surface area contributed by atoms with Gasteiger partial charge in [-0.3, -0.25) is 4.98 Å². The Morgan fingerprint density at radius 3 is 2.31 bits per heavy atom. The molecular formula is C26H29N3. The zero-order valence-electron chi connectivity index (χ0n) is 17.8. The molecule has 0 saturated carbocycles. The summed E-state index contributed by atoms with van der Waals surface area (Å²) in [5.41, 5.74) is 6.87. The number of nitrogens with zero attached hydrogens (tertiary/aromatic N) is 2. The van der Waals surface area contributed by atoms with Gasteiger partial charge in [-0.1, -0.05) is 51.0 Å². The lowest BCUT2D eigenvalue weighted by molar-refractivity contribution is 0.922. The summed E-state index contributed by atoms with van der Waals surface area (Å²) < 4.78 is 0. The first kappa shape index (κ1) is 19.4. The van der Waals surface area contributed by atoms with Gasteiger partial charge in [0.25, 0.3) is 0 Å². The Bertz CT molecular complexity index is 1180. The van der Waals surface area contributed by atoms with Crippen LogP contribution in [0.4, 0.5) is 11.5 Å². The number of aromatic nitrogens is 2. The SMILES string of the molecule is CCCc1cccc(Nc2nc3cc(CCC)ccc3c3c(C)nc(C)cc23)c1. The quantitative estimate of drug-likeness (QED) is 0.363. The molecule has 0 aliphatic carbocycles. The molecule has 4 rings (SSSR count). The van der Waals surface area contributed by atoms with Crippen molar-refractivity contribution in [1.82, 2.24) is 9.97 Å². The van der Waals surface area contributed by atoms with Crippen molar-refractivity contribution in [2.75, 3.05) is 5.32 Å². The molecule has 1 N–H and O–H groups in total. The standard InChI is InChI=1S/C26H29N3/c1-5-8-19-10-7-11-21(15-19)28-26-23-14-17(3)27-18(4)25(23)22-13-12-20(9-6-2)16-24(22)29-26/h7,10-16H,5-6,8-9H2,1-4H3,(H,28,29). The first-order valence-corrected chi connectivity index (χ1v) is 10.7. The predicted molar refractivity (Wildman–Crippen MR) is 124 cm³/mol. The van der Waals surface area contributed by atoms with Gasteiger partial charge in [-0.05, 0) is 62.1 Å². The van der Waals surface area contributed by atoms with E-state index in [0.29, 0.717) is 0 Å². The number of aryl methyl sites for hydroxylation is 4. The highest BCUT2D eigenvalue weighted by atomic mass is 15.0. The Balaban J connectivity index is 1.91. The first-order chi connectivity index (χ1) is 14.1. The summed E-state index contributed by atoms with van der Waals surface area (Å²) in [5.74, 6) is 0.906. The molecule has 0 aliphatic heterocycles. The van der Waals surface area contributed by atoms with Crippen molar-refractivity contribution in [3.8, 4) is 0 Å². The minimum atomic E-state index is 0.906. The van der Waals surface area contributed by atoms with Gasteiger partial charge < -0.3 is 5.32 Å². The van der Waals surface area contributed by atoms with Gasteiger partial charge in [-0.2, -0.15) is 0 Å². The van der Waals surface area contributed by atoms with Crippen LogP contribution in [0.1, 0.15) is 49.2 Å². The number of pyridine rings is 2. The van der Waals surface area contributed by atoms with Gasteiger partial charge in [-0.25, -0.2) is 4.98 Å². The van der Waals surface area contributed by atoms with Crippen molar-refractivity contribution in [2.24, 2.45) is 0 Å². The van der Waals surface area contributed by atoms with Gasteiger partial charge >= 0.3 is 0 Å². The summed E-state index contributed by atoms with van der Waals surface area (Å²) in [6.45, 7) is 8.57. The molecule has 0 radical (unpaired) electrons. The maximum absolute atomic E-state index is 5.06. The lowest BCUT2D eigenvalue weighted by atomic mass is 10.0. The zero-order valence-corrected chi connectivity index (χ0v) is 17.8. The van der Waals surface area contributed by atoms with Crippen molar-refractivity contribution < 1.29 is 0 Å². The minimum Gasteiger partial charge on any atom is -0.340 e. The fraction of sp³-hybridized carbons (Fsp3) is 0.308. The van der Waals surface area contributed by atoms with Gasteiger partial charge in [0.15, 0.2) is 0 Å². The van der Waals surface area contributed by atoms with Crippen LogP contribution in [0.3, 0.4) is 0 Å². The molecule has 2 heterocycles. The fourth-order valence-electron chi connectivity index (χ4n) is 4.19. The monoisotopic (exact) mass is 383 g/mol. The second-order valence-corrected chi connectivity index (χ2v) is 7.91.